The van der Waals surface area contributed by atoms with E-state index < -0.39 is 0 Å². The maximum absolute atomic E-state index is 12.3. The van der Waals surface area contributed by atoms with Crippen LogP contribution in [0.25, 0.3) is 0 Å². The minimum absolute atomic E-state index is 0.0333. The molecule has 1 aromatic rings. The Kier molecular flexibility index (Phi) is 3.72. The van der Waals surface area contributed by atoms with Crippen LogP contribution >= 0.6 is 0 Å². The second kappa shape index (κ2) is 5.55. The van der Waals surface area contributed by atoms with Gasteiger partial charge in [-0.25, -0.2) is 4.68 Å². The first kappa shape index (κ1) is 14.7. The zero-order valence-corrected chi connectivity index (χ0v) is 12.9. The summed E-state index contributed by atoms with van der Waals surface area (Å²) in [5.41, 5.74) is 0.692. The number of nitrogens with zero attached hydrogens (tertiary/aromatic N) is 4. The van der Waals surface area contributed by atoms with Gasteiger partial charge in [-0.15, -0.1) is 0 Å². The average molecular weight is 304 g/mol. The summed E-state index contributed by atoms with van der Waals surface area (Å²) >= 11 is 0. The Balaban J connectivity index is 1.54. The third-order valence-corrected chi connectivity index (χ3v) is 4.39. The molecule has 7 nitrogen and oxygen atoms in total. The van der Waals surface area contributed by atoms with E-state index in [1.54, 1.807) is 22.9 Å². The van der Waals surface area contributed by atoms with Crippen molar-refractivity contribution in [3.05, 3.63) is 28.2 Å². The van der Waals surface area contributed by atoms with Gasteiger partial charge in [0.25, 0.3) is 5.56 Å². The number of carbonyl (C=O) groups is 2. The van der Waals surface area contributed by atoms with Crippen LogP contribution in [0.5, 0.6) is 0 Å². The van der Waals surface area contributed by atoms with Crippen molar-refractivity contribution in [1.82, 2.24) is 19.6 Å². The average Bonchev–Trinajstić information content (AvgIpc) is 2.76. The van der Waals surface area contributed by atoms with E-state index in [4.69, 9.17) is 0 Å². The predicted octanol–water partition coefficient (Wildman–Crippen LogP) is -0.512. The molecule has 1 atom stereocenters. The molecule has 0 N–H and O–H groups in total. The van der Waals surface area contributed by atoms with E-state index in [-0.39, 0.29) is 29.2 Å². The van der Waals surface area contributed by atoms with Crippen molar-refractivity contribution >= 4 is 11.8 Å². The second-order valence-electron chi connectivity index (χ2n) is 6.28. The van der Waals surface area contributed by atoms with Crippen LogP contribution in [0, 0.1) is 18.8 Å². The van der Waals surface area contributed by atoms with E-state index in [0.29, 0.717) is 32.6 Å². The summed E-state index contributed by atoms with van der Waals surface area (Å²) in [6.07, 6.45) is 0.315. The van der Waals surface area contributed by atoms with Gasteiger partial charge in [0.15, 0.2) is 0 Å². The summed E-state index contributed by atoms with van der Waals surface area (Å²) in [7, 11) is 1.73. The van der Waals surface area contributed by atoms with Crippen molar-refractivity contribution < 1.29 is 9.59 Å². The smallest absolute Gasteiger partial charge is 0.266 e. The maximum atomic E-state index is 12.3. The molecule has 118 valence electrons. The number of aromatic nitrogens is 2. The zero-order chi connectivity index (χ0) is 15.9. The Hall–Kier alpha value is -2.18. The number of likely N-dealkylation sites (tertiary alicyclic amines) is 2. The molecule has 2 aliphatic rings. The fourth-order valence-corrected chi connectivity index (χ4v) is 3.08. The summed E-state index contributed by atoms with van der Waals surface area (Å²) < 4.78 is 1.47. The highest BCUT2D eigenvalue weighted by molar-refractivity contribution is 5.89. The first-order valence-corrected chi connectivity index (χ1v) is 7.51. The minimum Gasteiger partial charge on any atom is -0.345 e. The molecule has 2 aliphatic heterocycles. The van der Waals surface area contributed by atoms with Crippen LogP contribution in [-0.4, -0.2) is 58.1 Å². The molecule has 1 aromatic heterocycles. The van der Waals surface area contributed by atoms with Crippen molar-refractivity contribution in [3.8, 4) is 0 Å². The summed E-state index contributed by atoms with van der Waals surface area (Å²) in [5, 5.41) is 4.21. The lowest BCUT2D eigenvalue weighted by atomic mass is 9.96. The summed E-state index contributed by atoms with van der Waals surface area (Å²) in [6, 6.07) is 3.22. The Morgan fingerprint density at radius 1 is 1.27 bits per heavy atom. The monoisotopic (exact) mass is 304 g/mol. The molecule has 3 heterocycles. The Morgan fingerprint density at radius 3 is 2.64 bits per heavy atom. The van der Waals surface area contributed by atoms with E-state index in [1.165, 1.54) is 10.7 Å². The molecule has 22 heavy (non-hydrogen) atoms. The maximum Gasteiger partial charge on any atom is 0.266 e. The Morgan fingerprint density at radius 2 is 2.00 bits per heavy atom. The molecule has 0 aromatic carbocycles. The Labute approximate surface area is 128 Å². The van der Waals surface area contributed by atoms with Gasteiger partial charge in [0.05, 0.1) is 18.2 Å². The molecule has 2 saturated heterocycles. The molecule has 3 rings (SSSR count). The minimum atomic E-state index is -0.210. The number of hydrogen-bond donors (Lipinski definition) is 0. The van der Waals surface area contributed by atoms with Gasteiger partial charge >= 0.3 is 0 Å². The number of carbonyl (C=O) groups excluding carboxylic acids is 2. The highest BCUT2D eigenvalue weighted by Gasteiger charge is 2.39. The molecular weight excluding hydrogens is 284 g/mol. The fourth-order valence-electron chi connectivity index (χ4n) is 3.08. The number of hydrogen-bond acceptors (Lipinski definition) is 4. The Bertz CT molecular complexity index is 663. The quantitative estimate of drug-likeness (QED) is 0.753. The van der Waals surface area contributed by atoms with E-state index in [1.807, 2.05) is 6.92 Å². The molecule has 1 unspecified atom stereocenters. The number of amides is 2. The van der Waals surface area contributed by atoms with Crippen LogP contribution in [0.3, 0.4) is 0 Å². The van der Waals surface area contributed by atoms with Crippen LogP contribution in [0.2, 0.25) is 0 Å². The summed E-state index contributed by atoms with van der Waals surface area (Å²) in [4.78, 5) is 38.9. The van der Waals surface area contributed by atoms with E-state index in [0.717, 1.165) is 5.69 Å². The molecule has 2 amide bonds. The lowest BCUT2D eigenvalue weighted by molar-refractivity contribution is -0.142. The van der Waals surface area contributed by atoms with Crippen molar-refractivity contribution in [2.24, 2.45) is 11.8 Å². The normalized spacial score (nSPS) is 22.1. The van der Waals surface area contributed by atoms with Gasteiger partial charge in [0.1, 0.15) is 0 Å². The van der Waals surface area contributed by atoms with Crippen molar-refractivity contribution in [2.45, 2.75) is 19.9 Å². The van der Waals surface area contributed by atoms with E-state index in [2.05, 4.69) is 5.10 Å². The van der Waals surface area contributed by atoms with Gasteiger partial charge < -0.3 is 9.80 Å². The first-order chi connectivity index (χ1) is 10.4. The van der Waals surface area contributed by atoms with Crippen LogP contribution < -0.4 is 5.56 Å². The van der Waals surface area contributed by atoms with Gasteiger partial charge in [0.2, 0.25) is 11.8 Å². The molecule has 0 bridgehead atoms. The third kappa shape index (κ3) is 2.75. The molecule has 2 fully saturated rings. The van der Waals surface area contributed by atoms with Crippen LogP contribution in [0.4, 0.5) is 0 Å². The standard InChI is InChI=1S/C15H20N4O3/c1-10-3-4-13(20)19(16-10)8-11-6-18(7-11)15(22)12-5-14(21)17(2)9-12/h3-4,11-12H,5-9H2,1-2H3. The topological polar surface area (TPSA) is 75.5 Å². The van der Waals surface area contributed by atoms with Crippen LogP contribution in [-0.2, 0) is 16.1 Å². The van der Waals surface area contributed by atoms with Crippen LogP contribution in [0.1, 0.15) is 12.1 Å². The van der Waals surface area contributed by atoms with E-state index in [9.17, 15) is 14.4 Å². The van der Waals surface area contributed by atoms with Gasteiger partial charge in [0, 0.05) is 45.1 Å². The molecule has 7 heteroatoms. The molecule has 0 saturated carbocycles. The highest BCUT2D eigenvalue weighted by Crippen LogP contribution is 2.24. The molecule has 0 aliphatic carbocycles. The number of rotatable bonds is 3. The lowest BCUT2D eigenvalue weighted by Crippen LogP contribution is -2.54. The van der Waals surface area contributed by atoms with Gasteiger partial charge in [-0.05, 0) is 13.0 Å². The molecular formula is C15H20N4O3. The van der Waals surface area contributed by atoms with Crippen molar-refractivity contribution in [1.29, 1.82) is 0 Å². The third-order valence-electron chi connectivity index (χ3n) is 4.39. The molecule has 0 radical (unpaired) electrons. The summed E-state index contributed by atoms with van der Waals surface area (Å²) in [6.45, 7) is 4.16. The van der Waals surface area contributed by atoms with Crippen molar-refractivity contribution in [3.63, 3.8) is 0 Å². The van der Waals surface area contributed by atoms with Gasteiger partial charge in [-0.3, -0.25) is 14.4 Å². The van der Waals surface area contributed by atoms with Gasteiger partial charge in [-0.2, -0.15) is 5.10 Å². The van der Waals surface area contributed by atoms with Gasteiger partial charge in [-0.1, -0.05) is 0 Å². The largest absolute Gasteiger partial charge is 0.345 e. The van der Waals surface area contributed by atoms with E-state index >= 15 is 0 Å². The zero-order valence-electron chi connectivity index (χ0n) is 12.9. The SMILES string of the molecule is Cc1ccc(=O)n(CC2CN(C(=O)C3CC(=O)N(C)C3)C2)n1. The second-order valence-corrected chi connectivity index (χ2v) is 6.28. The van der Waals surface area contributed by atoms with Crippen molar-refractivity contribution in [2.75, 3.05) is 26.7 Å². The molecule has 0 spiro atoms. The fraction of sp³-hybridized carbons (Fsp3) is 0.600. The first-order valence-electron chi connectivity index (χ1n) is 7.51. The van der Waals surface area contributed by atoms with Crippen LogP contribution in [0.15, 0.2) is 16.9 Å². The predicted molar refractivity (Wildman–Crippen MR) is 79.0 cm³/mol. The highest BCUT2D eigenvalue weighted by atomic mass is 16.2. The summed E-state index contributed by atoms with van der Waals surface area (Å²) in [5.74, 6) is 0.133. The lowest BCUT2D eigenvalue weighted by Gasteiger charge is -2.40. The number of aryl methyl sites for hydroxylation is 1.